The first-order chi connectivity index (χ1) is 15.6. The number of para-hydroxylation sites is 1. The van der Waals surface area contributed by atoms with E-state index in [9.17, 15) is 9.59 Å². The maximum absolute atomic E-state index is 13.5. The van der Waals surface area contributed by atoms with E-state index in [-0.39, 0.29) is 17.9 Å². The van der Waals surface area contributed by atoms with Crippen LogP contribution in [-0.4, -0.2) is 29.7 Å². The summed E-state index contributed by atoms with van der Waals surface area (Å²) in [4.78, 5) is 31.6. The average Bonchev–Trinajstić information content (AvgIpc) is 3.26. The third-order valence-electron chi connectivity index (χ3n) is 5.32. The number of aromatic nitrogens is 2. The van der Waals surface area contributed by atoms with E-state index in [2.05, 4.69) is 0 Å². The average molecular weight is 449 g/mol. The summed E-state index contributed by atoms with van der Waals surface area (Å²) in [5.74, 6) is 1.11. The van der Waals surface area contributed by atoms with E-state index in [1.54, 1.807) is 11.7 Å². The second-order valence-corrected chi connectivity index (χ2v) is 8.38. The second kappa shape index (κ2) is 9.78. The van der Waals surface area contributed by atoms with E-state index >= 15 is 0 Å². The lowest BCUT2D eigenvalue weighted by Gasteiger charge is -2.14. The lowest BCUT2D eigenvalue weighted by Crippen LogP contribution is -2.25. The molecule has 164 valence electrons. The number of carbonyl (C=O) groups is 1. The van der Waals surface area contributed by atoms with Gasteiger partial charge in [0.25, 0.3) is 5.56 Å². The van der Waals surface area contributed by atoms with Crippen molar-refractivity contribution in [2.75, 3.05) is 14.2 Å². The molecule has 0 aliphatic carbocycles. The number of methoxy groups -OCH3 is 2. The molecule has 0 atom stereocenters. The highest BCUT2D eigenvalue weighted by Crippen LogP contribution is 2.31. The number of benzene rings is 2. The molecule has 4 rings (SSSR count). The maximum atomic E-state index is 13.5. The summed E-state index contributed by atoms with van der Waals surface area (Å²) in [5, 5.41) is 0.593. The Bertz CT molecular complexity index is 1290. The molecular formula is C25H24N2O4S. The monoisotopic (exact) mass is 448 g/mol. The molecule has 0 bridgehead atoms. The zero-order valence-electron chi connectivity index (χ0n) is 18.0. The van der Waals surface area contributed by atoms with Crippen LogP contribution in [0.4, 0.5) is 0 Å². The Labute approximate surface area is 190 Å². The van der Waals surface area contributed by atoms with Crippen molar-refractivity contribution in [3.8, 4) is 16.2 Å². The number of esters is 1. The van der Waals surface area contributed by atoms with Gasteiger partial charge in [-0.2, -0.15) is 0 Å². The summed E-state index contributed by atoms with van der Waals surface area (Å²) in [6, 6.07) is 19.6. The molecule has 6 nitrogen and oxygen atoms in total. The molecule has 2 aromatic carbocycles. The normalized spacial score (nSPS) is 10.9. The lowest BCUT2D eigenvalue weighted by molar-refractivity contribution is -0.140. The van der Waals surface area contributed by atoms with Crippen LogP contribution in [0, 0.1) is 0 Å². The van der Waals surface area contributed by atoms with Crippen LogP contribution in [0.2, 0.25) is 0 Å². The molecule has 0 radical (unpaired) electrons. The number of nitrogens with zero attached hydrogens (tertiary/aromatic N) is 2. The summed E-state index contributed by atoms with van der Waals surface area (Å²) in [6.07, 6.45) is 1.19. The van der Waals surface area contributed by atoms with E-state index in [1.165, 1.54) is 18.4 Å². The Morgan fingerprint density at radius 3 is 2.56 bits per heavy atom. The summed E-state index contributed by atoms with van der Waals surface area (Å²) >= 11 is 1.51. The van der Waals surface area contributed by atoms with Gasteiger partial charge in [0.15, 0.2) is 0 Å². The molecule has 32 heavy (non-hydrogen) atoms. The van der Waals surface area contributed by atoms with Gasteiger partial charge in [0.1, 0.15) is 16.4 Å². The van der Waals surface area contributed by atoms with Crippen LogP contribution < -0.4 is 10.3 Å². The number of rotatable bonds is 8. The molecule has 2 heterocycles. The van der Waals surface area contributed by atoms with E-state index in [0.29, 0.717) is 35.4 Å². The third kappa shape index (κ3) is 4.57. The van der Waals surface area contributed by atoms with Crippen molar-refractivity contribution in [1.82, 2.24) is 9.55 Å². The smallest absolute Gasteiger partial charge is 0.305 e. The van der Waals surface area contributed by atoms with E-state index in [0.717, 1.165) is 21.8 Å². The third-order valence-corrected chi connectivity index (χ3v) is 6.40. The van der Waals surface area contributed by atoms with Gasteiger partial charge in [0, 0.05) is 29.8 Å². The van der Waals surface area contributed by atoms with Gasteiger partial charge in [0.05, 0.1) is 19.6 Å². The van der Waals surface area contributed by atoms with Crippen LogP contribution in [0.1, 0.15) is 24.2 Å². The van der Waals surface area contributed by atoms with Crippen LogP contribution in [0.25, 0.3) is 20.7 Å². The van der Waals surface area contributed by atoms with Crippen molar-refractivity contribution in [1.29, 1.82) is 0 Å². The Kier molecular flexibility index (Phi) is 6.66. The number of carbonyl (C=O) groups excluding carboxylic acids is 1. The number of hydrogen-bond donors (Lipinski definition) is 0. The molecule has 0 saturated heterocycles. The van der Waals surface area contributed by atoms with E-state index < -0.39 is 0 Å². The number of hydrogen-bond acceptors (Lipinski definition) is 6. The highest BCUT2D eigenvalue weighted by Gasteiger charge is 2.17. The predicted octanol–water partition coefficient (Wildman–Crippen LogP) is 4.68. The van der Waals surface area contributed by atoms with Gasteiger partial charge in [-0.1, -0.05) is 48.5 Å². The van der Waals surface area contributed by atoms with Gasteiger partial charge in [-0.3, -0.25) is 14.2 Å². The van der Waals surface area contributed by atoms with Gasteiger partial charge < -0.3 is 9.47 Å². The summed E-state index contributed by atoms with van der Waals surface area (Å²) in [6.45, 7) is 0.387. The Balaban J connectivity index is 1.78. The van der Waals surface area contributed by atoms with Crippen molar-refractivity contribution in [3.63, 3.8) is 0 Å². The second-order valence-electron chi connectivity index (χ2n) is 7.35. The SMILES string of the molecule is COC(=O)CCCn1c(Cc2ccccc2OC)nc2sc(-c3ccccc3)cc2c1=O. The van der Waals surface area contributed by atoms with Crippen LogP contribution in [0.15, 0.2) is 65.5 Å². The minimum absolute atomic E-state index is 0.0943. The minimum Gasteiger partial charge on any atom is -0.496 e. The predicted molar refractivity (Wildman–Crippen MR) is 126 cm³/mol. The molecule has 0 spiro atoms. The Morgan fingerprint density at radius 2 is 1.81 bits per heavy atom. The maximum Gasteiger partial charge on any atom is 0.305 e. The summed E-state index contributed by atoms with van der Waals surface area (Å²) in [7, 11) is 3.00. The quantitative estimate of drug-likeness (QED) is 0.366. The molecule has 0 saturated carbocycles. The van der Waals surface area contributed by atoms with Crippen LogP contribution >= 0.6 is 11.3 Å². The van der Waals surface area contributed by atoms with Gasteiger partial charge in [-0.05, 0) is 24.1 Å². The largest absolute Gasteiger partial charge is 0.496 e. The molecule has 0 unspecified atom stereocenters. The van der Waals surface area contributed by atoms with Crippen molar-refractivity contribution in [2.24, 2.45) is 0 Å². The van der Waals surface area contributed by atoms with Crippen molar-refractivity contribution < 1.29 is 14.3 Å². The molecule has 0 amide bonds. The fourth-order valence-corrected chi connectivity index (χ4v) is 4.72. The molecule has 0 N–H and O–H groups in total. The highest BCUT2D eigenvalue weighted by atomic mass is 32.1. The Morgan fingerprint density at radius 1 is 1.06 bits per heavy atom. The molecule has 0 fully saturated rings. The van der Waals surface area contributed by atoms with Crippen molar-refractivity contribution >= 4 is 27.5 Å². The van der Waals surface area contributed by atoms with Gasteiger partial charge >= 0.3 is 5.97 Å². The first-order valence-electron chi connectivity index (χ1n) is 10.4. The molecule has 0 aliphatic heterocycles. The molecule has 0 aliphatic rings. The highest BCUT2D eigenvalue weighted by molar-refractivity contribution is 7.21. The lowest BCUT2D eigenvalue weighted by atomic mass is 10.1. The van der Waals surface area contributed by atoms with Crippen molar-refractivity contribution in [2.45, 2.75) is 25.8 Å². The number of thiophene rings is 1. The van der Waals surface area contributed by atoms with Gasteiger partial charge in [-0.15, -0.1) is 11.3 Å². The molecule has 7 heteroatoms. The number of ether oxygens (including phenoxy) is 2. The Hall–Kier alpha value is -3.45. The zero-order chi connectivity index (χ0) is 22.5. The summed E-state index contributed by atoms with van der Waals surface area (Å²) in [5.41, 5.74) is 1.91. The van der Waals surface area contributed by atoms with Crippen LogP contribution in [0.3, 0.4) is 0 Å². The fourth-order valence-electron chi connectivity index (χ4n) is 3.67. The van der Waals surface area contributed by atoms with Gasteiger partial charge in [0.2, 0.25) is 0 Å². The molecule has 4 aromatic rings. The first-order valence-corrected chi connectivity index (χ1v) is 11.2. The topological polar surface area (TPSA) is 70.4 Å². The van der Waals surface area contributed by atoms with E-state index in [1.807, 2.05) is 60.7 Å². The van der Waals surface area contributed by atoms with Crippen LogP contribution in [0.5, 0.6) is 5.75 Å². The van der Waals surface area contributed by atoms with Gasteiger partial charge in [-0.25, -0.2) is 4.98 Å². The first kappa shape index (κ1) is 21.8. The fraction of sp³-hybridized carbons (Fsp3) is 0.240. The molecular weight excluding hydrogens is 424 g/mol. The van der Waals surface area contributed by atoms with Crippen LogP contribution in [-0.2, 0) is 22.5 Å². The standard InChI is InChI=1S/C25H24N2O4S/c1-30-20-12-7-6-11-18(20)15-22-26-24-19(16-21(32-24)17-9-4-3-5-10-17)25(29)27(22)14-8-13-23(28)31-2/h3-7,9-12,16H,8,13-15H2,1-2H3. The minimum atomic E-state index is -0.291. The van der Waals surface area contributed by atoms with E-state index in [4.69, 9.17) is 14.5 Å². The summed E-state index contributed by atoms with van der Waals surface area (Å²) < 4.78 is 11.9. The zero-order valence-corrected chi connectivity index (χ0v) is 18.9. The molecule has 2 aromatic heterocycles. The van der Waals surface area contributed by atoms with Crippen molar-refractivity contribution in [3.05, 3.63) is 82.4 Å². The number of fused-ring (bicyclic) bond motifs is 1.